The Balaban J connectivity index is 2.97. The molecule has 0 fully saturated rings. The zero-order valence-electron chi connectivity index (χ0n) is 9.89. The second kappa shape index (κ2) is 4.37. The minimum Gasteiger partial charge on any atom is -0.480 e. The molecule has 5 nitrogen and oxygen atoms in total. The second-order valence-corrected chi connectivity index (χ2v) is 7.17. The lowest BCUT2D eigenvalue weighted by Crippen LogP contribution is -2.29. The molecule has 1 rings (SSSR count). The van der Waals surface area contributed by atoms with E-state index in [2.05, 4.69) is 9.97 Å². The largest absolute Gasteiger partial charge is 0.480 e. The quantitative estimate of drug-likeness (QED) is 0.799. The Morgan fingerprint density at radius 1 is 1.31 bits per heavy atom. The van der Waals surface area contributed by atoms with Crippen LogP contribution in [0.4, 0.5) is 0 Å². The van der Waals surface area contributed by atoms with Crippen LogP contribution in [0.3, 0.4) is 0 Å². The summed E-state index contributed by atoms with van der Waals surface area (Å²) in [5, 5.41) is 0. The van der Waals surface area contributed by atoms with E-state index in [0.29, 0.717) is 11.6 Å². The highest BCUT2D eigenvalue weighted by molar-refractivity contribution is 7.91. The maximum atomic E-state index is 11.9. The van der Waals surface area contributed by atoms with Gasteiger partial charge in [-0.05, 0) is 20.8 Å². The lowest BCUT2D eigenvalue weighted by atomic mass is 10.3. The fourth-order valence-electron chi connectivity index (χ4n) is 0.965. The Bertz CT molecular complexity index is 463. The van der Waals surface area contributed by atoms with E-state index >= 15 is 0 Å². The summed E-state index contributed by atoms with van der Waals surface area (Å²) in [4.78, 5) is 7.90. The van der Waals surface area contributed by atoms with E-state index in [-0.39, 0.29) is 5.75 Å². The summed E-state index contributed by atoms with van der Waals surface area (Å²) < 4.78 is 27.9. The van der Waals surface area contributed by atoms with Crippen LogP contribution >= 0.6 is 0 Å². The first-order valence-corrected chi connectivity index (χ1v) is 6.49. The van der Waals surface area contributed by atoms with Crippen LogP contribution in [0.25, 0.3) is 0 Å². The molecule has 0 aliphatic carbocycles. The fraction of sp³-hybridized carbons (Fsp3) is 0.600. The summed E-state index contributed by atoms with van der Waals surface area (Å²) in [5.74, 6) is 0.197. The van der Waals surface area contributed by atoms with E-state index in [1.165, 1.54) is 19.5 Å². The van der Waals surface area contributed by atoms with Crippen molar-refractivity contribution in [3.63, 3.8) is 0 Å². The third-order valence-electron chi connectivity index (χ3n) is 2.14. The van der Waals surface area contributed by atoms with Crippen molar-refractivity contribution in [1.29, 1.82) is 0 Å². The molecule has 1 aromatic rings. The van der Waals surface area contributed by atoms with Crippen molar-refractivity contribution in [2.75, 3.05) is 7.11 Å². The Kier molecular flexibility index (Phi) is 3.52. The van der Waals surface area contributed by atoms with E-state index in [0.717, 1.165) is 0 Å². The minimum absolute atomic E-state index is 0.124. The van der Waals surface area contributed by atoms with Crippen LogP contribution in [-0.4, -0.2) is 30.2 Å². The molecule has 0 saturated carbocycles. The molecule has 0 aliphatic rings. The van der Waals surface area contributed by atoms with Gasteiger partial charge in [-0.25, -0.2) is 13.4 Å². The van der Waals surface area contributed by atoms with E-state index in [4.69, 9.17) is 4.74 Å². The Hall–Kier alpha value is -1.17. The van der Waals surface area contributed by atoms with E-state index in [1.807, 2.05) is 0 Å². The fourth-order valence-corrected chi connectivity index (χ4v) is 1.93. The van der Waals surface area contributed by atoms with Gasteiger partial charge in [-0.2, -0.15) is 0 Å². The van der Waals surface area contributed by atoms with Crippen LogP contribution in [0, 0.1) is 0 Å². The zero-order valence-corrected chi connectivity index (χ0v) is 10.7. The Morgan fingerprint density at radius 3 is 2.44 bits per heavy atom. The van der Waals surface area contributed by atoms with Crippen LogP contribution in [0.15, 0.2) is 12.4 Å². The van der Waals surface area contributed by atoms with Crippen LogP contribution in [0.1, 0.15) is 26.5 Å². The molecule has 1 heterocycles. The number of sulfone groups is 1. The van der Waals surface area contributed by atoms with E-state index in [9.17, 15) is 8.42 Å². The molecular formula is C10H16N2O3S. The van der Waals surface area contributed by atoms with Crippen molar-refractivity contribution in [3.05, 3.63) is 18.1 Å². The smallest absolute Gasteiger partial charge is 0.232 e. The highest BCUT2D eigenvalue weighted by atomic mass is 32.2. The van der Waals surface area contributed by atoms with Crippen LogP contribution in [-0.2, 0) is 15.6 Å². The van der Waals surface area contributed by atoms with Gasteiger partial charge in [0.05, 0.1) is 29.5 Å². The van der Waals surface area contributed by atoms with Crippen molar-refractivity contribution in [3.8, 4) is 5.88 Å². The summed E-state index contributed by atoms with van der Waals surface area (Å²) in [6, 6.07) is 0. The molecule has 0 atom stereocenters. The van der Waals surface area contributed by atoms with Crippen LogP contribution in [0.2, 0.25) is 0 Å². The average Bonchev–Trinajstić information content (AvgIpc) is 2.15. The van der Waals surface area contributed by atoms with E-state index in [1.54, 1.807) is 20.8 Å². The molecule has 0 spiro atoms. The number of hydrogen-bond acceptors (Lipinski definition) is 5. The summed E-state index contributed by atoms with van der Waals surface area (Å²) in [5.41, 5.74) is 0.397. The monoisotopic (exact) mass is 244 g/mol. The van der Waals surface area contributed by atoms with E-state index < -0.39 is 14.6 Å². The van der Waals surface area contributed by atoms with Crippen LogP contribution < -0.4 is 4.74 Å². The van der Waals surface area contributed by atoms with Gasteiger partial charge in [-0.3, -0.25) is 4.98 Å². The zero-order chi connectivity index (χ0) is 12.4. The molecule has 0 N–H and O–H groups in total. The number of aromatic nitrogens is 2. The molecule has 16 heavy (non-hydrogen) atoms. The SMILES string of the molecule is COc1cncc(CS(=O)(=O)C(C)(C)C)n1. The highest BCUT2D eigenvalue weighted by Gasteiger charge is 2.29. The third-order valence-corrected chi connectivity index (χ3v) is 4.68. The number of nitrogens with zero attached hydrogens (tertiary/aromatic N) is 2. The summed E-state index contributed by atoms with van der Waals surface area (Å²) in [6.07, 6.45) is 2.87. The van der Waals surface area contributed by atoms with Crippen molar-refractivity contribution < 1.29 is 13.2 Å². The summed E-state index contributed by atoms with van der Waals surface area (Å²) in [7, 11) is -1.77. The maximum absolute atomic E-state index is 11.9. The van der Waals surface area contributed by atoms with Gasteiger partial charge >= 0.3 is 0 Å². The summed E-state index contributed by atoms with van der Waals surface area (Å²) >= 11 is 0. The number of ether oxygens (including phenoxy) is 1. The van der Waals surface area contributed by atoms with Gasteiger partial charge in [0.1, 0.15) is 0 Å². The Morgan fingerprint density at radius 2 is 1.94 bits per heavy atom. The first-order chi connectivity index (χ1) is 7.26. The topological polar surface area (TPSA) is 69.2 Å². The lowest BCUT2D eigenvalue weighted by Gasteiger charge is -2.18. The normalized spacial score (nSPS) is 12.5. The van der Waals surface area contributed by atoms with Crippen molar-refractivity contribution in [2.24, 2.45) is 0 Å². The number of rotatable bonds is 3. The first-order valence-electron chi connectivity index (χ1n) is 4.83. The van der Waals surface area contributed by atoms with Crippen LogP contribution in [0.5, 0.6) is 5.88 Å². The van der Waals surface area contributed by atoms with Gasteiger partial charge in [0, 0.05) is 6.20 Å². The molecule has 0 bridgehead atoms. The second-order valence-electron chi connectivity index (χ2n) is 4.42. The lowest BCUT2D eigenvalue weighted by molar-refractivity contribution is 0.394. The van der Waals surface area contributed by atoms with Gasteiger partial charge in [0.15, 0.2) is 9.84 Å². The molecular weight excluding hydrogens is 228 g/mol. The molecule has 1 aromatic heterocycles. The molecule has 6 heteroatoms. The van der Waals surface area contributed by atoms with Gasteiger partial charge in [0.25, 0.3) is 0 Å². The summed E-state index contributed by atoms with van der Waals surface area (Å²) in [6.45, 7) is 4.99. The Labute approximate surface area is 95.8 Å². The minimum atomic E-state index is -3.23. The van der Waals surface area contributed by atoms with Gasteiger partial charge < -0.3 is 4.74 Å². The molecule has 0 unspecified atom stereocenters. The van der Waals surface area contributed by atoms with Gasteiger partial charge in [-0.15, -0.1) is 0 Å². The molecule has 0 radical (unpaired) electrons. The first kappa shape index (κ1) is 12.9. The molecule has 0 aromatic carbocycles. The average molecular weight is 244 g/mol. The van der Waals surface area contributed by atoms with Crippen molar-refractivity contribution in [2.45, 2.75) is 31.3 Å². The molecule has 90 valence electrons. The number of methoxy groups -OCH3 is 1. The molecule has 0 aliphatic heterocycles. The standard InChI is InChI=1S/C10H16N2O3S/c1-10(2,3)16(13,14)7-8-5-11-6-9(12-8)15-4/h5-6H,7H2,1-4H3. The van der Waals surface area contributed by atoms with Gasteiger partial charge in [-0.1, -0.05) is 0 Å². The van der Waals surface area contributed by atoms with Gasteiger partial charge in [0.2, 0.25) is 5.88 Å². The molecule has 0 amide bonds. The van der Waals surface area contributed by atoms with Crippen molar-refractivity contribution >= 4 is 9.84 Å². The predicted molar refractivity (Wildman–Crippen MR) is 61.0 cm³/mol. The highest BCUT2D eigenvalue weighted by Crippen LogP contribution is 2.20. The third kappa shape index (κ3) is 2.91. The predicted octanol–water partition coefficient (Wildman–Crippen LogP) is 1.20. The molecule has 0 saturated heterocycles. The number of hydrogen-bond donors (Lipinski definition) is 0. The van der Waals surface area contributed by atoms with Crippen molar-refractivity contribution in [1.82, 2.24) is 9.97 Å². The maximum Gasteiger partial charge on any atom is 0.232 e.